The third kappa shape index (κ3) is 16.3. The number of fused-ring (bicyclic) bond motifs is 1. The van der Waals surface area contributed by atoms with E-state index in [-0.39, 0.29) is 60.1 Å². The predicted molar refractivity (Wildman–Crippen MR) is 242 cm³/mol. The minimum atomic E-state index is -1.47. The highest BCUT2D eigenvalue weighted by atomic mass is 16.6. The number of nitrogen functional groups attached to an aromatic ring is 1. The number of amides is 4. The number of nitrogens with zero attached hydrogens (tertiary/aromatic N) is 4. The molecule has 9 N–H and O–H groups in total. The highest BCUT2D eigenvalue weighted by Crippen LogP contribution is 2.29. The summed E-state index contributed by atoms with van der Waals surface area (Å²) in [7, 11) is 1.39. The van der Waals surface area contributed by atoms with Gasteiger partial charge in [0.2, 0.25) is 17.7 Å². The minimum Gasteiger partial charge on any atom is -0.493 e. The van der Waals surface area contributed by atoms with Crippen molar-refractivity contribution in [2.45, 2.75) is 90.8 Å². The van der Waals surface area contributed by atoms with E-state index in [0.717, 1.165) is 24.5 Å². The Hall–Kier alpha value is -7.78. The molecule has 2 heterocycles. The lowest BCUT2D eigenvalue weighted by atomic mass is 10.0. The number of benzene rings is 2. The van der Waals surface area contributed by atoms with E-state index in [1.165, 1.54) is 23.8 Å². The molecule has 0 aliphatic heterocycles. The number of esters is 1. The number of methoxy groups -OCH3 is 1. The van der Waals surface area contributed by atoms with Gasteiger partial charge in [-0.15, -0.1) is 0 Å². The fourth-order valence-electron chi connectivity index (χ4n) is 6.32. The van der Waals surface area contributed by atoms with E-state index in [1.54, 1.807) is 50.2 Å². The summed E-state index contributed by atoms with van der Waals surface area (Å²) < 4.78 is 18.0. The van der Waals surface area contributed by atoms with E-state index in [0.29, 0.717) is 49.2 Å². The summed E-state index contributed by atoms with van der Waals surface area (Å²) in [5, 5.41) is 38.7. The number of carbonyl (C=O) groups is 7. The Balaban J connectivity index is 1.16. The van der Waals surface area contributed by atoms with Crippen LogP contribution in [0.25, 0.3) is 17.2 Å². The fourth-order valence-corrected chi connectivity index (χ4v) is 6.32. The largest absolute Gasteiger partial charge is 0.493 e. The second kappa shape index (κ2) is 25.6. The quantitative estimate of drug-likeness (QED) is 0.0184. The van der Waals surface area contributed by atoms with Crippen molar-refractivity contribution < 1.29 is 63.1 Å². The van der Waals surface area contributed by atoms with Gasteiger partial charge in [0, 0.05) is 31.0 Å². The predicted octanol–water partition coefficient (Wildman–Crippen LogP) is 2.95. The fraction of sp³-hybridized carbons (Fsp3) is 0.422. The van der Waals surface area contributed by atoms with Gasteiger partial charge in [0.15, 0.2) is 28.5 Å². The lowest BCUT2D eigenvalue weighted by Crippen LogP contribution is -2.55. The number of anilines is 1. The van der Waals surface area contributed by atoms with E-state index in [2.05, 4.69) is 36.2 Å². The summed E-state index contributed by atoms with van der Waals surface area (Å²) in [4.78, 5) is 98.2. The van der Waals surface area contributed by atoms with Gasteiger partial charge in [-0.3, -0.25) is 33.3 Å². The molecule has 2 aromatic heterocycles. The maximum Gasteiger partial charge on any atom is 0.326 e. The van der Waals surface area contributed by atoms with Crippen LogP contribution in [0, 0.1) is 5.92 Å². The lowest BCUT2D eigenvalue weighted by Gasteiger charge is -2.24. The first kappa shape index (κ1) is 51.9. The Labute approximate surface area is 385 Å². The Kier molecular flexibility index (Phi) is 19.8. The molecule has 2 atom stereocenters. The normalized spacial score (nSPS) is 12.0. The molecule has 22 nitrogen and oxygen atoms in total. The summed E-state index contributed by atoms with van der Waals surface area (Å²) in [6.45, 7) is 5.78. The number of ether oxygens (including phenoxy) is 3. The molecular formula is C45H57N9O13. The van der Waals surface area contributed by atoms with Crippen molar-refractivity contribution in [1.29, 1.82) is 0 Å². The van der Waals surface area contributed by atoms with Crippen LogP contribution in [0.4, 0.5) is 5.82 Å². The molecule has 0 radical (unpaired) electrons. The smallest absolute Gasteiger partial charge is 0.326 e. The first-order chi connectivity index (χ1) is 32.0. The van der Waals surface area contributed by atoms with Gasteiger partial charge in [-0.1, -0.05) is 51.8 Å². The lowest BCUT2D eigenvalue weighted by molar-refractivity contribution is -0.143. The zero-order valence-electron chi connectivity index (χ0n) is 37.7. The molecule has 0 bridgehead atoms. The van der Waals surface area contributed by atoms with Gasteiger partial charge in [-0.05, 0) is 73.1 Å². The highest BCUT2D eigenvalue weighted by molar-refractivity contribution is 5.96. The molecule has 2 unspecified atom stereocenters. The van der Waals surface area contributed by atoms with Crippen LogP contribution in [-0.4, -0.2) is 115 Å². The monoisotopic (exact) mass is 931 g/mol. The van der Waals surface area contributed by atoms with E-state index in [1.807, 2.05) is 6.92 Å². The standard InChI is InChI=1S/C45H57N9O13/c1-5-6-22-66-44-52-39(46)38-40(53-44)54(45(64)51-38)25-28-11-15-29(16-12-28)41(60)47-21-9-7-8-10-36(59)67-31-18-13-27(23-32(31)65-4)14-19-33(55)48-24-34(56)50-37(26(2)3)42(61)49-30(43(62)63)17-20-35(57)58/h11-16,18-19,23,26,30,37H,5-10,17,20-22,24-25H2,1-4H3,(H,47,60)(H,48,55)(H,49,61)(H,50,56)(H,51,64)(H,57,58)(H,62,63)(H2,46,52,53)/b19-14+. The number of nitrogens with two attached hydrogens (primary N) is 1. The third-order valence-electron chi connectivity index (χ3n) is 10.00. The second-order valence-electron chi connectivity index (χ2n) is 15.6. The zero-order valence-corrected chi connectivity index (χ0v) is 37.7. The molecule has 22 heteroatoms. The maximum atomic E-state index is 12.8. The van der Waals surface area contributed by atoms with E-state index in [4.69, 9.17) is 25.1 Å². The van der Waals surface area contributed by atoms with Crippen LogP contribution in [0.2, 0.25) is 0 Å². The first-order valence-corrected chi connectivity index (χ1v) is 21.6. The van der Waals surface area contributed by atoms with E-state index >= 15 is 0 Å². The van der Waals surface area contributed by atoms with Gasteiger partial charge in [0.05, 0.1) is 26.8 Å². The topological polar surface area (TPSA) is 326 Å². The molecule has 4 amide bonds. The molecular weight excluding hydrogens is 875 g/mol. The van der Waals surface area contributed by atoms with Crippen LogP contribution in [0.5, 0.6) is 23.5 Å². The number of carbonyl (C=O) groups excluding carboxylic acids is 5. The molecule has 4 aromatic rings. The van der Waals surface area contributed by atoms with Gasteiger partial charge < -0.3 is 56.5 Å². The number of hydrogen-bond acceptors (Lipinski definition) is 15. The molecule has 0 spiro atoms. The number of unbranched alkanes of at least 4 members (excludes halogenated alkanes) is 3. The molecule has 2 aromatic carbocycles. The number of aromatic nitrogens is 4. The van der Waals surface area contributed by atoms with Crippen LogP contribution in [0.15, 0.2) is 48.5 Å². The van der Waals surface area contributed by atoms with Crippen LogP contribution in [0.1, 0.15) is 93.6 Å². The molecule has 0 aliphatic carbocycles. The summed E-state index contributed by atoms with van der Waals surface area (Å²) in [6, 6.07) is 8.68. The van der Waals surface area contributed by atoms with Crippen molar-refractivity contribution in [2.24, 2.45) is 5.92 Å². The summed E-state index contributed by atoms with van der Waals surface area (Å²) in [5.41, 5.74) is 8.34. The number of aromatic hydroxyl groups is 1. The minimum absolute atomic E-state index is 0.0883. The summed E-state index contributed by atoms with van der Waals surface area (Å²) >= 11 is 0. The highest BCUT2D eigenvalue weighted by Gasteiger charge is 2.29. The van der Waals surface area contributed by atoms with Crippen LogP contribution in [-0.2, 0) is 35.3 Å². The number of hydrogen-bond donors (Lipinski definition) is 8. The average Bonchev–Trinajstić information content (AvgIpc) is 3.60. The molecule has 4 rings (SSSR count). The Bertz CT molecular complexity index is 2420. The maximum absolute atomic E-state index is 12.8. The summed E-state index contributed by atoms with van der Waals surface area (Å²) in [6.07, 6.45) is 5.38. The number of imidazole rings is 1. The number of aliphatic carboxylic acids is 2. The van der Waals surface area contributed by atoms with Crippen LogP contribution in [0.3, 0.4) is 0 Å². The van der Waals surface area contributed by atoms with Crippen molar-refractivity contribution in [2.75, 3.05) is 32.5 Å². The van der Waals surface area contributed by atoms with E-state index < -0.39 is 66.6 Å². The SMILES string of the molecule is CCCCOc1nc(N)c2nc(O)n(Cc3ccc(C(=O)NCCCCCC(=O)Oc4ccc(/C=C/C(=O)NCC(=O)NC(C(=O)NC(CCC(=O)O)C(=O)O)C(C)C)cc4OC)cc3)c2n1. The van der Waals surface area contributed by atoms with Gasteiger partial charge in [-0.25, -0.2) is 4.79 Å². The molecule has 0 saturated heterocycles. The number of carboxylic acids is 2. The third-order valence-corrected chi connectivity index (χ3v) is 10.00. The molecule has 0 fully saturated rings. The molecule has 0 aliphatic rings. The average molecular weight is 932 g/mol. The van der Waals surface area contributed by atoms with Crippen molar-refractivity contribution in [3.8, 4) is 23.5 Å². The van der Waals surface area contributed by atoms with Crippen LogP contribution < -0.4 is 41.2 Å². The van der Waals surface area contributed by atoms with Crippen molar-refractivity contribution in [3.05, 3.63) is 65.2 Å². The number of rotatable bonds is 27. The molecule has 360 valence electrons. The Morgan fingerprint density at radius 1 is 0.881 bits per heavy atom. The Morgan fingerprint density at radius 3 is 2.30 bits per heavy atom. The Morgan fingerprint density at radius 2 is 1.63 bits per heavy atom. The number of nitrogens with one attached hydrogen (secondary N) is 4. The molecule has 0 saturated carbocycles. The van der Waals surface area contributed by atoms with Crippen LogP contribution >= 0.6 is 0 Å². The zero-order chi connectivity index (χ0) is 49.0. The van der Waals surface area contributed by atoms with Gasteiger partial charge in [0.25, 0.3) is 11.9 Å². The second-order valence-corrected chi connectivity index (χ2v) is 15.6. The summed E-state index contributed by atoms with van der Waals surface area (Å²) in [5.74, 6) is -5.58. The van der Waals surface area contributed by atoms with Crippen molar-refractivity contribution in [3.63, 3.8) is 0 Å². The number of carboxylic acid groups (broad SMARTS) is 2. The van der Waals surface area contributed by atoms with Crippen molar-refractivity contribution >= 4 is 64.6 Å². The van der Waals surface area contributed by atoms with Crippen molar-refractivity contribution in [1.82, 2.24) is 40.8 Å². The van der Waals surface area contributed by atoms with Gasteiger partial charge >= 0.3 is 23.9 Å². The van der Waals surface area contributed by atoms with E-state index in [9.17, 15) is 43.8 Å². The van der Waals surface area contributed by atoms with Gasteiger partial charge in [0.1, 0.15) is 12.1 Å². The first-order valence-electron chi connectivity index (χ1n) is 21.6. The van der Waals surface area contributed by atoms with Gasteiger partial charge in [-0.2, -0.15) is 15.0 Å². The molecule has 67 heavy (non-hydrogen) atoms.